The van der Waals surface area contributed by atoms with Gasteiger partial charge in [0.15, 0.2) is 0 Å². The van der Waals surface area contributed by atoms with E-state index < -0.39 is 10.0 Å². The molecular formula is C18H25ClN2O3S. The van der Waals surface area contributed by atoms with Crippen LogP contribution in [0.5, 0.6) is 0 Å². The molecule has 7 heteroatoms. The lowest BCUT2D eigenvalue weighted by Gasteiger charge is -2.23. The van der Waals surface area contributed by atoms with E-state index in [0.29, 0.717) is 49.1 Å². The van der Waals surface area contributed by atoms with Crippen LogP contribution in [0.1, 0.15) is 37.0 Å². The summed E-state index contributed by atoms with van der Waals surface area (Å²) in [6.45, 7) is 6.34. The summed E-state index contributed by atoms with van der Waals surface area (Å²) in [5, 5.41) is 0.243. The molecule has 25 heavy (non-hydrogen) atoms. The number of rotatable bonds is 3. The molecule has 2 saturated heterocycles. The summed E-state index contributed by atoms with van der Waals surface area (Å²) in [6, 6.07) is 6.85. The van der Waals surface area contributed by atoms with E-state index >= 15 is 0 Å². The molecule has 2 fully saturated rings. The molecule has 0 spiro atoms. The van der Waals surface area contributed by atoms with E-state index in [0.717, 1.165) is 6.42 Å². The number of nitrogens with zero attached hydrogens (tertiary/aromatic N) is 2. The van der Waals surface area contributed by atoms with Crippen LogP contribution in [-0.4, -0.2) is 55.0 Å². The summed E-state index contributed by atoms with van der Waals surface area (Å²) >= 11 is 5.88. The second-order valence-electron chi connectivity index (χ2n) is 7.43. The Morgan fingerprint density at radius 3 is 2.48 bits per heavy atom. The van der Waals surface area contributed by atoms with Crippen molar-refractivity contribution in [1.82, 2.24) is 9.21 Å². The predicted molar refractivity (Wildman–Crippen MR) is 99.2 cm³/mol. The lowest BCUT2D eigenvalue weighted by molar-refractivity contribution is 0.0759. The molecule has 2 aliphatic heterocycles. The van der Waals surface area contributed by atoms with Crippen LogP contribution in [0.15, 0.2) is 24.3 Å². The second kappa shape index (κ2) is 7.25. The monoisotopic (exact) mass is 384 g/mol. The molecule has 0 radical (unpaired) electrons. The van der Waals surface area contributed by atoms with Gasteiger partial charge in [0.05, 0.1) is 5.25 Å². The van der Waals surface area contributed by atoms with Crippen molar-refractivity contribution in [1.29, 1.82) is 0 Å². The molecule has 2 atom stereocenters. The highest BCUT2D eigenvalue weighted by Crippen LogP contribution is 2.35. The zero-order valence-electron chi connectivity index (χ0n) is 14.7. The molecule has 0 N–H and O–H groups in total. The van der Waals surface area contributed by atoms with E-state index in [1.165, 1.54) is 0 Å². The molecule has 5 nitrogen and oxygen atoms in total. The first-order valence-electron chi connectivity index (χ1n) is 8.83. The van der Waals surface area contributed by atoms with Crippen LogP contribution in [0.2, 0.25) is 5.02 Å². The minimum absolute atomic E-state index is 0.0481. The minimum Gasteiger partial charge on any atom is -0.339 e. The number of likely N-dealkylation sites (tertiary alicyclic amines) is 1. The standard InChI is InChI=1S/C18H25ClN2O3S/c1-13(2)11-21-12-15-7-9-20(10-8-17(15)25(21,23)24)18(22)14-3-5-16(19)6-4-14/h3-6,13,15,17H,7-12H2,1-2H3/t15-,17-/m1/s1. The van der Waals surface area contributed by atoms with Crippen LogP contribution in [0.3, 0.4) is 0 Å². The molecule has 138 valence electrons. The topological polar surface area (TPSA) is 57.7 Å². The smallest absolute Gasteiger partial charge is 0.253 e. The van der Waals surface area contributed by atoms with E-state index in [1.807, 2.05) is 13.8 Å². The van der Waals surface area contributed by atoms with Crippen molar-refractivity contribution in [2.24, 2.45) is 11.8 Å². The van der Waals surface area contributed by atoms with Crippen molar-refractivity contribution >= 4 is 27.5 Å². The zero-order chi connectivity index (χ0) is 18.2. The molecule has 0 aliphatic carbocycles. The molecule has 2 aliphatic rings. The molecule has 2 heterocycles. The van der Waals surface area contributed by atoms with Gasteiger partial charge < -0.3 is 4.90 Å². The van der Waals surface area contributed by atoms with Crippen molar-refractivity contribution < 1.29 is 13.2 Å². The molecule has 1 amide bonds. The van der Waals surface area contributed by atoms with Gasteiger partial charge in [-0.3, -0.25) is 4.79 Å². The number of sulfonamides is 1. The summed E-state index contributed by atoms with van der Waals surface area (Å²) in [4.78, 5) is 14.5. The Bertz CT molecular complexity index is 733. The third-order valence-electron chi connectivity index (χ3n) is 5.11. The van der Waals surface area contributed by atoms with E-state index in [2.05, 4.69) is 0 Å². The summed E-state index contributed by atoms with van der Waals surface area (Å²) in [5.74, 6) is 0.389. The molecule has 0 saturated carbocycles. The SMILES string of the molecule is CC(C)CN1C[C@H]2CCN(C(=O)c3ccc(Cl)cc3)CC[C@H]2S1(=O)=O. The quantitative estimate of drug-likeness (QED) is 0.805. The highest BCUT2D eigenvalue weighted by molar-refractivity contribution is 7.90. The third kappa shape index (κ3) is 3.86. The highest BCUT2D eigenvalue weighted by Gasteiger charge is 2.47. The van der Waals surface area contributed by atoms with E-state index in [1.54, 1.807) is 33.5 Å². The fourth-order valence-electron chi connectivity index (χ4n) is 3.86. The average Bonchev–Trinajstić information content (AvgIpc) is 2.70. The van der Waals surface area contributed by atoms with Crippen LogP contribution in [0.4, 0.5) is 0 Å². The fourth-order valence-corrected chi connectivity index (χ4v) is 6.39. The summed E-state index contributed by atoms with van der Waals surface area (Å²) in [7, 11) is -3.25. The number of fused-ring (bicyclic) bond motifs is 1. The maximum absolute atomic E-state index is 12.8. The Hall–Kier alpha value is -1.11. The van der Waals surface area contributed by atoms with Gasteiger partial charge >= 0.3 is 0 Å². The number of carbonyl (C=O) groups excluding carboxylic acids is 1. The summed E-state index contributed by atoms with van der Waals surface area (Å²) < 4.78 is 27.3. The molecule has 3 rings (SSSR count). The largest absolute Gasteiger partial charge is 0.339 e. The molecule has 0 bridgehead atoms. The van der Waals surface area contributed by atoms with Crippen LogP contribution in [0.25, 0.3) is 0 Å². The Labute approximate surface area is 155 Å². The Kier molecular flexibility index (Phi) is 5.42. The molecule has 1 aromatic rings. The molecular weight excluding hydrogens is 360 g/mol. The Balaban J connectivity index is 1.71. The first-order valence-corrected chi connectivity index (χ1v) is 10.7. The van der Waals surface area contributed by atoms with E-state index in [9.17, 15) is 13.2 Å². The Morgan fingerprint density at radius 1 is 1.20 bits per heavy atom. The number of carbonyl (C=O) groups is 1. The van der Waals surface area contributed by atoms with E-state index in [-0.39, 0.29) is 17.1 Å². The maximum Gasteiger partial charge on any atom is 0.253 e. The number of benzene rings is 1. The zero-order valence-corrected chi connectivity index (χ0v) is 16.3. The van der Waals surface area contributed by atoms with Crippen LogP contribution < -0.4 is 0 Å². The van der Waals surface area contributed by atoms with Crippen molar-refractivity contribution in [3.63, 3.8) is 0 Å². The summed E-state index contributed by atoms with van der Waals surface area (Å²) in [6.07, 6.45) is 1.25. The van der Waals surface area contributed by atoms with Gasteiger partial charge in [-0.05, 0) is 48.9 Å². The normalized spacial score (nSPS) is 26.5. The van der Waals surface area contributed by atoms with Gasteiger partial charge in [-0.25, -0.2) is 12.7 Å². The van der Waals surface area contributed by atoms with Gasteiger partial charge in [0.1, 0.15) is 0 Å². The van der Waals surface area contributed by atoms with Gasteiger partial charge in [0.25, 0.3) is 5.91 Å². The maximum atomic E-state index is 12.8. The van der Waals surface area contributed by atoms with Crippen molar-refractivity contribution in [2.75, 3.05) is 26.2 Å². The Morgan fingerprint density at radius 2 is 1.84 bits per heavy atom. The molecule has 0 aromatic heterocycles. The predicted octanol–water partition coefficient (Wildman–Crippen LogP) is 2.86. The number of hydrogen-bond donors (Lipinski definition) is 0. The first kappa shape index (κ1) is 18.7. The second-order valence-corrected chi connectivity index (χ2v) is 10.0. The fraction of sp³-hybridized carbons (Fsp3) is 0.611. The number of amides is 1. The third-order valence-corrected chi connectivity index (χ3v) is 7.76. The van der Waals surface area contributed by atoms with Crippen molar-refractivity contribution in [2.45, 2.75) is 31.9 Å². The number of hydrogen-bond acceptors (Lipinski definition) is 3. The van der Waals surface area contributed by atoms with Gasteiger partial charge in [0.2, 0.25) is 10.0 Å². The van der Waals surface area contributed by atoms with E-state index in [4.69, 9.17) is 11.6 Å². The molecule has 0 unspecified atom stereocenters. The lowest BCUT2D eigenvalue weighted by Crippen LogP contribution is -2.35. The number of halogens is 1. The van der Waals surface area contributed by atoms with Gasteiger partial charge in [-0.15, -0.1) is 0 Å². The highest BCUT2D eigenvalue weighted by atomic mass is 35.5. The first-order chi connectivity index (χ1) is 11.8. The molecule has 1 aromatic carbocycles. The van der Waals surface area contributed by atoms with Crippen molar-refractivity contribution in [3.8, 4) is 0 Å². The van der Waals surface area contributed by atoms with Gasteiger partial charge in [-0.2, -0.15) is 0 Å². The van der Waals surface area contributed by atoms with Crippen LogP contribution in [-0.2, 0) is 10.0 Å². The van der Waals surface area contributed by atoms with Gasteiger partial charge in [-0.1, -0.05) is 25.4 Å². The minimum atomic E-state index is -3.25. The van der Waals surface area contributed by atoms with Crippen LogP contribution in [0, 0.1) is 11.8 Å². The lowest BCUT2D eigenvalue weighted by atomic mass is 10.0. The van der Waals surface area contributed by atoms with Crippen molar-refractivity contribution in [3.05, 3.63) is 34.9 Å². The summed E-state index contributed by atoms with van der Waals surface area (Å²) in [5.41, 5.74) is 0.598. The van der Waals surface area contributed by atoms with Crippen LogP contribution >= 0.6 is 11.6 Å². The average molecular weight is 385 g/mol. The van der Waals surface area contributed by atoms with Gasteiger partial charge in [0, 0.05) is 36.8 Å².